The van der Waals surface area contributed by atoms with Crippen molar-refractivity contribution in [2.75, 3.05) is 0 Å². The molecule has 4 aromatic rings. The van der Waals surface area contributed by atoms with Crippen molar-refractivity contribution >= 4 is 71.7 Å². The van der Waals surface area contributed by atoms with E-state index >= 15 is 0 Å². The van der Waals surface area contributed by atoms with Crippen LogP contribution >= 0.6 is 0 Å². The van der Waals surface area contributed by atoms with Crippen LogP contribution in [0.2, 0.25) is 0 Å². The van der Waals surface area contributed by atoms with Crippen molar-refractivity contribution in [2.45, 2.75) is 9.79 Å². The van der Waals surface area contributed by atoms with Crippen LogP contribution in [0.15, 0.2) is 90.9 Å². The van der Waals surface area contributed by atoms with E-state index in [0.29, 0.717) is 0 Å². The van der Waals surface area contributed by atoms with Gasteiger partial charge >= 0.3 is 17.9 Å². The standard InChI is InChI=1S/C25H16N4O13S2/c30-22-20-11(2-1-3-18(20)43(37,38)39)9-19(44(40,41)42)21(22)29-28-17-5-4-14(10-16(17)25(35)36)26-27-15-7-12(23(31)32)6-13(8-15)24(33)34/h1-10,30H,(H,31,32)(H,33,34)(H,35,36)(H,37,38,39)(H,40,41,42). The van der Waals surface area contributed by atoms with Crippen LogP contribution in [0.3, 0.4) is 0 Å². The van der Waals surface area contributed by atoms with Gasteiger partial charge in [-0.25, -0.2) is 14.4 Å². The minimum Gasteiger partial charge on any atom is -0.505 e. The SMILES string of the molecule is O=C(O)c1cc(N=Nc2ccc(N=Nc3c(S(=O)(=O)O)cc4cccc(S(=O)(=O)O)c4c3O)c(C(=O)O)c2)cc(C(=O)O)c1. The second-order valence-electron chi connectivity index (χ2n) is 8.66. The van der Waals surface area contributed by atoms with Gasteiger partial charge in [0.1, 0.15) is 21.2 Å². The zero-order chi connectivity index (χ0) is 32.6. The number of carboxylic acids is 3. The molecule has 0 aliphatic heterocycles. The molecule has 4 aromatic carbocycles. The largest absolute Gasteiger partial charge is 0.505 e. The number of fused-ring (bicyclic) bond motifs is 1. The fourth-order valence-corrected chi connectivity index (χ4v) is 5.24. The van der Waals surface area contributed by atoms with Gasteiger partial charge in [-0.15, -0.1) is 10.2 Å². The van der Waals surface area contributed by atoms with E-state index in [1.165, 1.54) is 6.07 Å². The maximum absolute atomic E-state index is 12.1. The maximum Gasteiger partial charge on any atom is 0.338 e. The Morgan fingerprint density at radius 2 is 1.20 bits per heavy atom. The van der Waals surface area contributed by atoms with Crippen LogP contribution < -0.4 is 0 Å². The molecule has 4 rings (SSSR count). The fraction of sp³-hybridized carbons (Fsp3) is 0. The second-order valence-corrected chi connectivity index (χ2v) is 11.4. The van der Waals surface area contributed by atoms with Crippen molar-refractivity contribution in [1.82, 2.24) is 0 Å². The van der Waals surface area contributed by atoms with Gasteiger partial charge in [0.25, 0.3) is 20.2 Å². The van der Waals surface area contributed by atoms with Gasteiger partial charge in [0.05, 0.1) is 28.1 Å². The molecule has 17 nitrogen and oxygen atoms in total. The molecule has 44 heavy (non-hydrogen) atoms. The van der Waals surface area contributed by atoms with E-state index in [-0.39, 0.29) is 16.8 Å². The van der Waals surface area contributed by atoms with E-state index in [4.69, 9.17) is 0 Å². The Hall–Kier alpha value is -5.63. The number of phenols is 1. The van der Waals surface area contributed by atoms with Crippen LogP contribution in [0.25, 0.3) is 10.8 Å². The molecule has 226 valence electrons. The first-order valence-electron chi connectivity index (χ1n) is 11.5. The topological polar surface area (TPSA) is 290 Å². The van der Waals surface area contributed by atoms with Gasteiger partial charge < -0.3 is 20.4 Å². The van der Waals surface area contributed by atoms with Gasteiger partial charge in [-0.3, -0.25) is 9.11 Å². The number of aromatic hydroxyl groups is 1. The predicted octanol–water partition coefficient (Wildman–Crippen LogP) is 4.96. The summed E-state index contributed by atoms with van der Waals surface area (Å²) in [6.45, 7) is 0. The molecule has 0 saturated carbocycles. The number of rotatable bonds is 9. The number of carboxylic acid groups (broad SMARTS) is 3. The van der Waals surface area contributed by atoms with Crippen LogP contribution in [-0.2, 0) is 20.2 Å². The minimum atomic E-state index is -5.13. The summed E-state index contributed by atoms with van der Waals surface area (Å²) in [5.41, 5.74) is -3.13. The molecule has 0 spiro atoms. The van der Waals surface area contributed by atoms with Gasteiger partial charge in [0, 0.05) is 5.39 Å². The van der Waals surface area contributed by atoms with Gasteiger partial charge in [0.15, 0.2) is 5.75 Å². The van der Waals surface area contributed by atoms with E-state index < -0.39 is 87.1 Å². The third-order valence-corrected chi connectivity index (χ3v) is 7.52. The average molecular weight is 645 g/mol. The number of phenolic OH excluding ortho intramolecular Hbond substituents is 1. The molecule has 0 atom stereocenters. The highest BCUT2D eigenvalue weighted by Gasteiger charge is 2.26. The monoisotopic (exact) mass is 644 g/mol. The lowest BCUT2D eigenvalue weighted by Gasteiger charge is -2.11. The first-order chi connectivity index (χ1) is 20.5. The van der Waals surface area contributed by atoms with Gasteiger partial charge in [-0.05, 0) is 53.9 Å². The molecule has 0 amide bonds. The molecule has 0 saturated heterocycles. The Bertz CT molecular complexity index is 2150. The van der Waals surface area contributed by atoms with Crippen LogP contribution in [0.4, 0.5) is 22.7 Å². The first-order valence-corrected chi connectivity index (χ1v) is 14.4. The molecule has 0 unspecified atom stereocenters. The van der Waals surface area contributed by atoms with Crippen LogP contribution in [0, 0.1) is 0 Å². The Kier molecular flexibility index (Phi) is 8.23. The van der Waals surface area contributed by atoms with E-state index in [1.54, 1.807) is 0 Å². The van der Waals surface area contributed by atoms with Crippen LogP contribution in [0.1, 0.15) is 31.1 Å². The summed E-state index contributed by atoms with van der Waals surface area (Å²) < 4.78 is 67.1. The van der Waals surface area contributed by atoms with E-state index in [2.05, 4.69) is 20.5 Å². The molecule has 6 N–H and O–H groups in total. The van der Waals surface area contributed by atoms with Gasteiger partial charge in [-0.2, -0.15) is 27.1 Å². The molecule has 0 bridgehead atoms. The lowest BCUT2D eigenvalue weighted by Crippen LogP contribution is -2.02. The zero-order valence-electron chi connectivity index (χ0n) is 21.4. The Labute approximate surface area is 245 Å². The number of nitrogens with zero attached hydrogens (tertiary/aromatic N) is 4. The molecule has 0 aromatic heterocycles. The lowest BCUT2D eigenvalue weighted by atomic mass is 10.1. The molecular weight excluding hydrogens is 628 g/mol. The summed E-state index contributed by atoms with van der Waals surface area (Å²) in [7, 11) is -10.1. The quantitative estimate of drug-likeness (QED) is 0.104. The second kappa shape index (κ2) is 11.6. The molecule has 0 aliphatic carbocycles. The fourth-order valence-electron chi connectivity index (χ4n) is 3.85. The third-order valence-electron chi connectivity index (χ3n) is 5.76. The van der Waals surface area contributed by atoms with Crippen molar-refractivity contribution in [3.63, 3.8) is 0 Å². The molecule has 0 fully saturated rings. The van der Waals surface area contributed by atoms with Crippen molar-refractivity contribution < 1.29 is 60.8 Å². The summed E-state index contributed by atoms with van der Waals surface area (Å²) in [6.07, 6.45) is 0. The van der Waals surface area contributed by atoms with Crippen molar-refractivity contribution in [2.24, 2.45) is 20.5 Å². The molecule has 0 aliphatic rings. The smallest absolute Gasteiger partial charge is 0.338 e. The summed E-state index contributed by atoms with van der Waals surface area (Å²) >= 11 is 0. The van der Waals surface area contributed by atoms with Crippen molar-refractivity contribution in [3.8, 4) is 5.75 Å². The van der Waals surface area contributed by atoms with Crippen LogP contribution in [-0.4, -0.2) is 64.3 Å². The number of aromatic carboxylic acids is 3. The molecular formula is C25H16N4O13S2. The lowest BCUT2D eigenvalue weighted by molar-refractivity contribution is 0.0682. The van der Waals surface area contributed by atoms with Gasteiger partial charge in [0.2, 0.25) is 0 Å². The molecule has 0 radical (unpaired) electrons. The van der Waals surface area contributed by atoms with Crippen molar-refractivity contribution in [3.05, 3.63) is 77.4 Å². The average Bonchev–Trinajstić information content (AvgIpc) is 2.94. The Balaban J connectivity index is 1.82. The third kappa shape index (κ3) is 6.55. The molecule has 19 heteroatoms. The van der Waals surface area contributed by atoms with E-state index in [1.807, 2.05) is 0 Å². The number of hydrogen-bond donors (Lipinski definition) is 6. The van der Waals surface area contributed by atoms with E-state index in [9.17, 15) is 60.8 Å². The zero-order valence-corrected chi connectivity index (χ0v) is 23.1. The summed E-state index contributed by atoms with van der Waals surface area (Å²) in [6, 6.07) is 10.0. The van der Waals surface area contributed by atoms with Crippen molar-refractivity contribution in [1.29, 1.82) is 0 Å². The summed E-state index contributed by atoms with van der Waals surface area (Å²) in [4.78, 5) is 32.7. The maximum atomic E-state index is 12.1. The van der Waals surface area contributed by atoms with Crippen LogP contribution in [0.5, 0.6) is 5.75 Å². The summed E-state index contributed by atoms with van der Waals surface area (Å²) in [5.74, 6) is -5.59. The number of azo groups is 2. The first kappa shape index (κ1) is 31.3. The Morgan fingerprint density at radius 1 is 0.614 bits per heavy atom. The minimum absolute atomic E-state index is 0.135. The highest BCUT2D eigenvalue weighted by Crippen LogP contribution is 2.44. The van der Waals surface area contributed by atoms with Gasteiger partial charge in [-0.1, -0.05) is 12.1 Å². The predicted molar refractivity (Wildman–Crippen MR) is 147 cm³/mol. The molecule has 0 heterocycles. The number of carbonyl (C=O) groups is 3. The highest BCUT2D eigenvalue weighted by atomic mass is 32.2. The highest BCUT2D eigenvalue weighted by molar-refractivity contribution is 7.86. The van der Waals surface area contributed by atoms with E-state index in [0.717, 1.165) is 54.6 Å². The number of benzene rings is 4. The number of hydrogen-bond acceptors (Lipinski definition) is 12. The summed E-state index contributed by atoms with van der Waals surface area (Å²) in [5, 5.41) is 52.8. The Morgan fingerprint density at radius 3 is 1.75 bits per heavy atom. The normalized spacial score (nSPS) is 12.2.